The molecule has 1 N–H and O–H groups in total. The van der Waals surface area contributed by atoms with Crippen LogP contribution in [0.2, 0.25) is 0 Å². The van der Waals surface area contributed by atoms with Crippen molar-refractivity contribution in [2.24, 2.45) is 5.92 Å². The van der Waals surface area contributed by atoms with Gasteiger partial charge in [0, 0.05) is 24.0 Å². The topological polar surface area (TPSA) is 57.6 Å². The summed E-state index contributed by atoms with van der Waals surface area (Å²) >= 11 is 1.75. The minimum atomic E-state index is -0.812. The molecule has 0 bridgehead atoms. The van der Waals surface area contributed by atoms with Gasteiger partial charge in [-0.3, -0.25) is 9.59 Å². The van der Waals surface area contributed by atoms with E-state index >= 15 is 0 Å². The van der Waals surface area contributed by atoms with Gasteiger partial charge >= 0.3 is 5.97 Å². The average molecular weight is 287 g/mol. The lowest BCUT2D eigenvalue weighted by molar-refractivity contribution is -0.142. The fraction of sp³-hybridized carbons (Fsp3) is 0.857. The van der Waals surface area contributed by atoms with Crippen molar-refractivity contribution in [3.63, 3.8) is 0 Å². The Hall–Kier alpha value is -0.710. The summed E-state index contributed by atoms with van der Waals surface area (Å²) < 4.78 is 0. The fourth-order valence-electron chi connectivity index (χ4n) is 2.64. The summed E-state index contributed by atoms with van der Waals surface area (Å²) in [6, 6.07) is -0.125. The van der Waals surface area contributed by atoms with Gasteiger partial charge in [0.1, 0.15) is 0 Å². The lowest BCUT2D eigenvalue weighted by atomic mass is 9.95. The minimum absolute atomic E-state index is 0.0731. The van der Waals surface area contributed by atoms with Gasteiger partial charge in [-0.15, -0.1) is 0 Å². The number of hydrogen-bond acceptors (Lipinski definition) is 3. The van der Waals surface area contributed by atoms with Crippen LogP contribution in [0.15, 0.2) is 0 Å². The van der Waals surface area contributed by atoms with E-state index in [1.54, 1.807) is 11.8 Å². The number of amides is 1. The maximum Gasteiger partial charge on any atom is 0.305 e. The largest absolute Gasteiger partial charge is 0.481 e. The van der Waals surface area contributed by atoms with Crippen molar-refractivity contribution < 1.29 is 14.7 Å². The van der Waals surface area contributed by atoms with E-state index in [1.807, 2.05) is 4.90 Å². The lowest BCUT2D eigenvalue weighted by Gasteiger charge is -2.37. The molecular formula is C14H25NO3S. The van der Waals surface area contributed by atoms with Gasteiger partial charge in [-0.25, -0.2) is 0 Å². The summed E-state index contributed by atoms with van der Waals surface area (Å²) in [4.78, 5) is 25.3. The minimum Gasteiger partial charge on any atom is -0.481 e. The number of carboxylic acid groups (broad SMARTS) is 1. The van der Waals surface area contributed by atoms with E-state index in [2.05, 4.69) is 13.8 Å². The summed E-state index contributed by atoms with van der Waals surface area (Å²) in [5, 5.41) is 8.96. The molecule has 0 aromatic carbocycles. The van der Waals surface area contributed by atoms with Crippen molar-refractivity contribution in [2.75, 3.05) is 18.1 Å². The molecule has 110 valence electrons. The van der Waals surface area contributed by atoms with E-state index < -0.39 is 5.97 Å². The molecule has 0 saturated carbocycles. The highest BCUT2D eigenvalue weighted by atomic mass is 32.2. The number of rotatable bonds is 7. The first-order chi connectivity index (χ1) is 9.10. The molecule has 0 radical (unpaired) electrons. The predicted molar refractivity (Wildman–Crippen MR) is 78.4 cm³/mol. The third kappa shape index (κ3) is 5.05. The fourth-order valence-corrected chi connectivity index (χ4v) is 3.70. The third-order valence-electron chi connectivity index (χ3n) is 3.54. The van der Waals surface area contributed by atoms with Crippen LogP contribution in [-0.2, 0) is 9.59 Å². The van der Waals surface area contributed by atoms with Crippen molar-refractivity contribution >= 4 is 23.6 Å². The molecule has 1 saturated heterocycles. The maximum absolute atomic E-state index is 12.6. The second kappa shape index (κ2) is 8.46. The van der Waals surface area contributed by atoms with Crippen LogP contribution in [0, 0.1) is 5.92 Å². The van der Waals surface area contributed by atoms with Crippen LogP contribution in [0.5, 0.6) is 0 Å². The summed E-state index contributed by atoms with van der Waals surface area (Å²) in [6.07, 6.45) is 3.90. The highest BCUT2D eigenvalue weighted by Crippen LogP contribution is 2.24. The van der Waals surface area contributed by atoms with Crippen LogP contribution in [0.25, 0.3) is 0 Å². The Bertz CT molecular complexity index is 303. The standard InChI is InChI=1S/C14H25NO3S/c1-3-5-11(6-4-2)14(18)15-7-8-19-10-12(15)9-13(16)17/h11-12H,3-10H2,1-2H3,(H,16,17). The second-order valence-corrected chi connectivity index (χ2v) is 6.28. The molecule has 0 aliphatic carbocycles. The number of aliphatic carboxylic acids is 1. The lowest BCUT2D eigenvalue weighted by Crippen LogP contribution is -2.49. The zero-order valence-electron chi connectivity index (χ0n) is 11.9. The van der Waals surface area contributed by atoms with Gasteiger partial charge < -0.3 is 10.0 Å². The number of thioether (sulfide) groups is 1. The summed E-state index contributed by atoms with van der Waals surface area (Å²) in [5.41, 5.74) is 0. The monoisotopic (exact) mass is 287 g/mol. The van der Waals surface area contributed by atoms with Crippen molar-refractivity contribution in [2.45, 2.75) is 52.0 Å². The Morgan fingerprint density at radius 2 is 1.95 bits per heavy atom. The Balaban J connectivity index is 2.70. The molecule has 1 aliphatic rings. The number of carbonyl (C=O) groups is 2. The van der Waals surface area contributed by atoms with Gasteiger partial charge in [-0.2, -0.15) is 11.8 Å². The van der Waals surface area contributed by atoms with Gasteiger partial charge in [0.05, 0.1) is 12.5 Å². The zero-order valence-corrected chi connectivity index (χ0v) is 12.7. The molecule has 1 atom stereocenters. The highest BCUT2D eigenvalue weighted by molar-refractivity contribution is 7.99. The number of carboxylic acids is 1. The quantitative estimate of drug-likeness (QED) is 0.782. The molecule has 1 aliphatic heterocycles. The maximum atomic E-state index is 12.6. The van der Waals surface area contributed by atoms with E-state index in [0.29, 0.717) is 6.54 Å². The van der Waals surface area contributed by atoms with Crippen LogP contribution in [0.1, 0.15) is 46.0 Å². The van der Waals surface area contributed by atoms with E-state index in [9.17, 15) is 9.59 Å². The smallest absolute Gasteiger partial charge is 0.305 e. The van der Waals surface area contributed by atoms with Crippen molar-refractivity contribution in [1.29, 1.82) is 0 Å². The summed E-state index contributed by atoms with van der Waals surface area (Å²) in [5.74, 6) is 1.12. The Labute approximate surface area is 119 Å². The first-order valence-electron chi connectivity index (χ1n) is 7.20. The number of carbonyl (C=O) groups excluding carboxylic acids is 1. The number of hydrogen-bond donors (Lipinski definition) is 1. The van der Waals surface area contributed by atoms with Crippen LogP contribution < -0.4 is 0 Å². The molecule has 1 heterocycles. The summed E-state index contributed by atoms with van der Waals surface area (Å²) in [7, 11) is 0. The molecule has 1 rings (SSSR count). The van der Waals surface area contributed by atoms with Gasteiger partial charge in [-0.05, 0) is 12.8 Å². The van der Waals surface area contributed by atoms with Gasteiger partial charge in [0.15, 0.2) is 0 Å². The Morgan fingerprint density at radius 1 is 1.32 bits per heavy atom. The molecular weight excluding hydrogens is 262 g/mol. The normalized spacial score (nSPS) is 19.7. The second-order valence-electron chi connectivity index (χ2n) is 5.13. The van der Waals surface area contributed by atoms with Crippen LogP contribution in [0.4, 0.5) is 0 Å². The molecule has 1 fully saturated rings. The van der Waals surface area contributed by atoms with E-state index in [1.165, 1.54) is 0 Å². The van der Waals surface area contributed by atoms with Gasteiger partial charge in [0.2, 0.25) is 5.91 Å². The van der Waals surface area contributed by atoms with Crippen molar-refractivity contribution in [3.8, 4) is 0 Å². The first kappa shape index (κ1) is 16.3. The average Bonchev–Trinajstić information content (AvgIpc) is 2.38. The van der Waals surface area contributed by atoms with Crippen LogP contribution >= 0.6 is 11.8 Å². The molecule has 0 aromatic heterocycles. The summed E-state index contributed by atoms with van der Waals surface area (Å²) in [6.45, 7) is 4.89. The Kier molecular flexibility index (Phi) is 7.28. The molecule has 0 aromatic rings. The van der Waals surface area contributed by atoms with Crippen molar-refractivity contribution in [3.05, 3.63) is 0 Å². The molecule has 19 heavy (non-hydrogen) atoms. The zero-order chi connectivity index (χ0) is 14.3. The van der Waals surface area contributed by atoms with E-state index in [-0.39, 0.29) is 24.3 Å². The van der Waals surface area contributed by atoms with Gasteiger partial charge in [-0.1, -0.05) is 26.7 Å². The SMILES string of the molecule is CCCC(CCC)C(=O)N1CCSCC1CC(=O)O. The Morgan fingerprint density at radius 3 is 2.47 bits per heavy atom. The third-order valence-corrected chi connectivity index (χ3v) is 4.64. The van der Waals surface area contributed by atoms with E-state index in [0.717, 1.165) is 37.2 Å². The van der Waals surface area contributed by atoms with Crippen LogP contribution in [0.3, 0.4) is 0 Å². The first-order valence-corrected chi connectivity index (χ1v) is 8.35. The molecule has 1 unspecified atom stereocenters. The van der Waals surface area contributed by atoms with Gasteiger partial charge in [0.25, 0.3) is 0 Å². The molecule has 5 heteroatoms. The predicted octanol–water partition coefficient (Wildman–Crippen LogP) is 2.62. The molecule has 1 amide bonds. The van der Waals surface area contributed by atoms with Crippen LogP contribution in [-0.4, -0.2) is 46.0 Å². The molecule has 4 nitrogen and oxygen atoms in total. The van der Waals surface area contributed by atoms with Crippen molar-refractivity contribution in [1.82, 2.24) is 4.90 Å². The highest BCUT2D eigenvalue weighted by Gasteiger charge is 2.32. The molecule has 0 spiro atoms. The number of nitrogens with zero attached hydrogens (tertiary/aromatic N) is 1. The van der Waals surface area contributed by atoms with E-state index in [4.69, 9.17) is 5.11 Å².